The summed E-state index contributed by atoms with van der Waals surface area (Å²) >= 11 is 0. The number of benzene rings is 1. The number of amides is 1. The highest BCUT2D eigenvalue weighted by atomic mass is 16.7. The number of rotatable bonds is 6. The normalized spacial score (nSPS) is 15.8. The van der Waals surface area contributed by atoms with Gasteiger partial charge in [-0.2, -0.15) is 0 Å². The van der Waals surface area contributed by atoms with Gasteiger partial charge in [-0.1, -0.05) is 0 Å². The van der Waals surface area contributed by atoms with Crippen molar-refractivity contribution < 1.29 is 14.4 Å². The predicted molar refractivity (Wildman–Crippen MR) is 90.7 cm³/mol. The zero-order chi connectivity index (χ0) is 16.9. The van der Waals surface area contributed by atoms with Crippen LogP contribution in [0.5, 0.6) is 0 Å². The molecule has 1 amide bonds. The highest BCUT2D eigenvalue weighted by molar-refractivity contribution is 5.96. The Bertz CT molecular complexity index is 694. The Morgan fingerprint density at radius 2 is 2.12 bits per heavy atom. The van der Waals surface area contributed by atoms with Crippen molar-refractivity contribution in [3.8, 4) is 0 Å². The van der Waals surface area contributed by atoms with Gasteiger partial charge in [-0.25, -0.2) is 10.0 Å². The molecule has 1 aromatic heterocycles. The van der Waals surface area contributed by atoms with E-state index in [1.54, 1.807) is 13.1 Å². The molecule has 1 fully saturated rings. The van der Waals surface area contributed by atoms with Crippen molar-refractivity contribution in [2.45, 2.75) is 13.0 Å². The Balaban J connectivity index is 1.68. The Labute approximate surface area is 141 Å². The first-order valence-corrected chi connectivity index (χ1v) is 8.26. The van der Waals surface area contributed by atoms with Crippen LogP contribution in [0.2, 0.25) is 0 Å². The van der Waals surface area contributed by atoms with Crippen LogP contribution in [0.1, 0.15) is 16.8 Å². The number of hydrogen-bond acceptors (Lipinski definition) is 5. The number of hydroxylamine groups is 2. The molecule has 7 nitrogen and oxygen atoms in total. The summed E-state index contributed by atoms with van der Waals surface area (Å²) in [6.45, 7) is 5.60. The third kappa shape index (κ3) is 3.75. The van der Waals surface area contributed by atoms with Crippen LogP contribution in [0, 0.1) is 0 Å². The zero-order valence-corrected chi connectivity index (χ0v) is 14.3. The number of aromatic nitrogens is 2. The molecule has 3 rings (SSSR count). The Morgan fingerprint density at radius 1 is 1.33 bits per heavy atom. The summed E-state index contributed by atoms with van der Waals surface area (Å²) in [5.74, 6) is -0.166. The van der Waals surface area contributed by atoms with Gasteiger partial charge in [0.05, 0.1) is 37.7 Å². The molecule has 130 valence electrons. The van der Waals surface area contributed by atoms with E-state index >= 15 is 0 Å². The molecule has 0 bridgehead atoms. The van der Waals surface area contributed by atoms with Crippen molar-refractivity contribution in [2.24, 2.45) is 0 Å². The lowest BCUT2D eigenvalue weighted by Crippen LogP contribution is -2.37. The van der Waals surface area contributed by atoms with E-state index < -0.39 is 0 Å². The minimum absolute atomic E-state index is 0.166. The second-order valence-electron chi connectivity index (χ2n) is 5.93. The molecule has 0 N–H and O–H groups in total. The number of carbonyl (C=O) groups is 1. The summed E-state index contributed by atoms with van der Waals surface area (Å²) < 4.78 is 7.48. The van der Waals surface area contributed by atoms with E-state index in [9.17, 15) is 4.79 Å². The number of morpholine rings is 1. The van der Waals surface area contributed by atoms with E-state index in [0.29, 0.717) is 5.56 Å². The first-order chi connectivity index (χ1) is 11.7. The molecular formula is C17H24N4O3. The largest absolute Gasteiger partial charge is 0.379 e. The van der Waals surface area contributed by atoms with Crippen LogP contribution in [0.3, 0.4) is 0 Å². The fraction of sp³-hybridized carbons (Fsp3) is 0.529. The van der Waals surface area contributed by atoms with Crippen molar-refractivity contribution in [2.75, 3.05) is 47.0 Å². The second kappa shape index (κ2) is 7.74. The molecule has 0 atom stereocenters. The van der Waals surface area contributed by atoms with Gasteiger partial charge < -0.3 is 9.30 Å². The van der Waals surface area contributed by atoms with Gasteiger partial charge >= 0.3 is 0 Å². The van der Waals surface area contributed by atoms with Gasteiger partial charge in [-0.3, -0.25) is 14.5 Å². The smallest absolute Gasteiger partial charge is 0.277 e. The quantitative estimate of drug-likeness (QED) is 0.748. The Kier molecular flexibility index (Phi) is 5.44. The first kappa shape index (κ1) is 16.9. The van der Waals surface area contributed by atoms with Gasteiger partial charge in [0.2, 0.25) is 0 Å². The summed E-state index contributed by atoms with van der Waals surface area (Å²) in [5, 5.41) is 1.22. The van der Waals surface area contributed by atoms with E-state index in [1.165, 1.54) is 12.2 Å². The Hall–Kier alpha value is -1.96. The minimum Gasteiger partial charge on any atom is -0.379 e. The fourth-order valence-electron chi connectivity index (χ4n) is 2.92. The van der Waals surface area contributed by atoms with Crippen molar-refractivity contribution in [3.05, 3.63) is 30.1 Å². The van der Waals surface area contributed by atoms with Crippen LogP contribution in [0.4, 0.5) is 0 Å². The molecule has 0 spiro atoms. The van der Waals surface area contributed by atoms with Crippen LogP contribution in [-0.4, -0.2) is 72.4 Å². The molecular weight excluding hydrogens is 308 g/mol. The molecule has 1 aromatic carbocycles. The maximum Gasteiger partial charge on any atom is 0.277 e. The van der Waals surface area contributed by atoms with E-state index in [-0.39, 0.29) is 5.91 Å². The fourth-order valence-corrected chi connectivity index (χ4v) is 2.92. The van der Waals surface area contributed by atoms with E-state index in [2.05, 4.69) is 14.5 Å². The maximum atomic E-state index is 12.2. The van der Waals surface area contributed by atoms with Gasteiger partial charge in [0.15, 0.2) is 0 Å². The molecule has 0 radical (unpaired) electrons. The van der Waals surface area contributed by atoms with Gasteiger partial charge in [-0.15, -0.1) is 0 Å². The topological polar surface area (TPSA) is 59.8 Å². The molecule has 0 saturated carbocycles. The molecule has 24 heavy (non-hydrogen) atoms. The molecule has 0 unspecified atom stereocenters. The molecule has 2 aromatic rings. The van der Waals surface area contributed by atoms with E-state index in [4.69, 9.17) is 9.57 Å². The SMILES string of the molecule is CON(C)C(=O)c1ccc2ncn(CCCN3CCOCC3)c2c1. The average molecular weight is 332 g/mol. The summed E-state index contributed by atoms with van der Waals surface area (Å²) in [6.07, 6.45) is 2.89. The monoisotopic (exact) mass is 332 g/mol. The predicted octanol–water partition coefficient (Wildman–Crippen LogP) is 1.39. The number of aryl methyl sites for hydroxylation is 1. The third-order valence-corrected chi connectivity index (χ3v) is 4.40. The first-order valence-electron chi connectivity index (χ1n) is 8.26. The molecule has 7 heteroatoms. The number of carbonyl (C=O) groups excluding carboxylic acids is 1. The summed E-state index contributed by atoms with van der Waals surface area (Å²) in [6, 6.07) is 5.55. The lowest BCUT2D eigenvalue weighted by molar-refractivity contribution is -0.0756. The number of ether oxygens (including phenoxy) is 1. The lowest BCUT2D eigenvalue weighted by Gasteiger charge is -2.26. The molecule has 0 aliphatic carbocycles. The van der Waals surface area contributed by atoms with Crippen LogP contribution >= 0.6 is 0 Å². The minimum atomic E-state index is -0.166. The summed E-state index contributed by atoms with van der Waals surface area (Å²) in [4.78, 5) is 24.0. The van der Waals surface area contributed by atoms with Gasteiger partial charge in [0, 0.05) is 38.8 Å². The van der Waals surface area contributed by atoms with Gasteiger partial charge in [0.1, 0.15) is 0 Å². The van der Waals surface area contributed by atoms with Crippen molar-refractivity contribution >= 4 is 16.9 Å². The summed E-state index contributed by atoms with van der Waals surface area (Å²) in [7, 11) is 3.08. The maximum absolute atomic E-state index is 12.2. The highest BCUT2D eigenvalue weighted by Gasteiger charge is 2.14. The summed E-state index contributed by atoms with van der Waals surface area (Å²) in [5.41, 5.74) is 2.48. The van der Waals surface area contributed by atoms with Gasteiger partial charge in [0.25, 0.3) is 5.91 Å². The second-order valence-corrected chi connectivity index (χ2v) is 5.93. The number of fused-ring (bicyclic) bond motifs is 1. The zero-order valence-electron chi connectivity index (χ0n) is 14.3. The number of imidazole rings is 1. The third-order valence-electron chi connectivity index (χ3n) is 4.40. The van der Waals surface area contributed by atoms with Gasteiger partial charge in [-0.05, 0) is 24.6 Å². The van der Waals surface area contributed by atoms with Crippen LogP contribution in [0.15, 0.2) is 24.5 Å². The molecule has 1 aliphatic rings. The molecule has 2 heterocycles. The van der Waals surface area contributed by atoms with E-state index in [1.807, 2.05) is 18.5 Å². The van der Waals surface area contributed by atoms with Crippen molar-refractivity contribution in [3.63, 3.8) is 0 Å². The standard InChI is InChI=1S/C17H24N4O3/c1-19(23-2)17(22)14-4-5-15-16(12-14)21(13-18-15)7-3-6-20-8-10-24-11-9-20/h4-5,12-13H,3,6-11H2,1-2H3. The highest BCUT2D eigenvalue weighted by Crippen LogP contribution is 2.17. The van der Waals surface area contributed by atoms with Crippen LogP contribution < -0.4 is 0 Å². The number of hydrogen-bond donors (Lipinski definition) is 0. The molecule has 1 saturated heterocycles. The van der Waals surface area contributed by atoms with Crippen LogP contribution in [-0.2, 0) is 16.1 Å². The Morgan fingerprint density at radius 3 is 2.88 bits per heavy atom. The van der Waals surface area contributed by atoms with Crippen molar-refractivity contribution in [1.29, 1.82) is 0 Å². The average Bonchev–Trinajstić information content (AvgIpc) is 3.03. The molecule has 1 aliphatic heterocycles. The lowest BCUT2D eigenvalue weighted by atomic mass is 10.2. The van der Waals surface area contributed by atoms with E-state index in [0.717, 1.165) is 56.8 Å². The van der Waals surface area contributed by atoms with Crippen molar-refractivity contribution in [1.82, 2.24) is 19.5 Å². The van der Waals surface area contributed by atoms with Crippen LogP contribution in [0.25, 0.3) is 11.0 Å². The number of nitrogens with zero attached hydrogens (tertiary/aromatic N) is 4.